The van der Waals surface area contributed by atoms with E-state index < -0.39 is 0 Å². The summed E-state index contributed by atoms with van der Waals surface area (Å²) in [6, 6.07) is 0. The number of aliphatic hydroxyl groups is 1. The summed E-state index contributed by atoms with van der Waals surface area (Å²) in [6.45, 7) is 1.86. The first-order valence-electron chi connectivity index (χ1n) is 6.49. The summed E-state index contributed by atoms with van der Waals surface area (Å²) in [6.07, 6.45) is 8.50. The summed E-state index contributed by atoms with van der Waals surface area (Å²) in [7, 11) is 4.04. The maximum absolute atomic E-state index is 9.82. The number of aliphatic hydroxyl groups excluding tert-OH is 1. The van der Waals surface area contributed by atoms with Crippen molar-refractivity contribution in [1.82, 2.24) is 14.7 Å². The molecule has 0 radical (unpaired) electrons. The molecule has 0 amide bonds. The molecule has 4 heteroatoms. The summed E-state index contributed by atoms with van der Waals surface area (Å²) < 4.78 is 1.84. The van der Waals surface area contributed by atoms with E-state index in [-0.39, 0.29) is 6.10 Å². The lowest BCUT2D eigenvalue weighted by Gasteiger charge is -2.20. The predicted molar refractivity (Wildman–Crippen MR) is 67.8 cm³/mol. The Bertz CT molecular complexity index is 346. The average Bonchev–Trinajstić information content (AvgIpc) is 3.04. The van der Waals surface area contributed by atoms with Crippen LogP contribution in [0.15, 0.2) is 12.4 Å². The highest BCUT2D eigenvalue weighted by Crippen LogP contribution is 2.32. The molecule has 1 unspecified atom stereocenters. The molecule has 1 aliphatic carbocycles. The standard InChI is InChI=1S/C13H23N3O/c1-15(10-13(17)12-5-6-12)7-3-4-11-8-14-16(2)9-11/h8-9,12-13,17H,3-7,10H2,1-2H3. The molecule has 1 aromatic rings. The zero-order valence-corrected chi connectivity index (χ0v) is 10.8. The van der Waals surface area contributed by atoms with Gasteiger partial charge >= 0.3 is 0 Å². The molecule has 0 spiro atoms. The van der Waals surface area contributed by atoms with Crippen molar-refractivity contribution in [2.45, 2.75) is 31.8 Å². The van der Waals surface area contributed by atoms with Crippen LogP contribution in [0.1, 0.15) is 24.8 Å². The second kappa shape index (κ2) is 5.65. The van der Waals surface area contributed by atoms with Gasteiger partial charge in [-0.25, -0.2) is 0 Å². The number of aryl methyl sites for hydroxylation is 2. The number of nitrogens with zero attached hydrogens (tertiary/aromatic N) is 3. The van der Waals surface area contributed by atoms with Gasteiger partial charge in [0.15, 0.2) is 0 Å². The van der Waals surface area contributed by atoms with Crippen molar-refractivity contribution in [3.8, 4) is 0 Å². The van der Waals surface area contributed by atoms with Crippen molar-refractivity contribution in [2.24, 2.45) is 13.0 Å². The van der Waals surface area contributed by atoms with Crippen LogP contribution in [0, 0.1) is 5.92 Å². The maximum Gasteiger partial charge on any atom is 0.0695 e. The van der Waals surface area contributed by atoms with Crippen LogP contribution in [-0.4, -0.2) is 46.0 Å². The maximum atomic E-state index is 9.82. The Morgan fingerprint density at radius 3 is 2.94 bits per heavy atom. The van der Waals surface area contributed by atoms with E-state index in [4.69, 9.17) is 0 Å². The van der Waals surface area contributed by atoms with Gasteiger partial charge in [0.25, 0.3) is 0 Å². The van der Waals surface area contributed by atoms with Crippen LogP contribution in [0.3, 0.4) is 0 Å². The molecule has 0 aromatic carbocycles. The van der Waals surface area contributed by atoms with Gasteiger partial charge in [0.05, 0.1) is 12.3 Å². The molecular formula is C13H23N3O. The van der Waals surface area contributed by atoms with Crippen molar-refractivity contribution in [3.63, 3.8) is 0 Å². The van der Waals surface area contributed by atoms with E-state index in [2.05, 4.69) is 23.2 Å². The zero-order chi connectivity index (χ0) is 12.3. The highest BCUT2D eigenvalue weighted by Gasteiger charge is 2.29. The van der Waals surface area contributed by atoms with Gasteiger partial charge < -0.3 is 10.0 Å². The van der Waals surface area contributed by atoms with Crippen molar-refractivity contribution < 1.29 is 5.11 Å². The van der Waals surface area contributed by atoms with Crippen LogP contribution in [0.5, 0.6) is 0 Å². The third kappa shape index (κ3) is 4.13. The molecular weight excluding hydrogens is 214 g/mol. The van der Waals surface area contributed by atoms with Crippen LogP contribution in [0.2, 0.25) is 0 Å². The Kier molecular flexibility index (Phi) is 4.18. The Balaban J connectivity index is 1.60. The number of hydrogen-bond donors (Lipinski definition) is 1. The molecule has 1 N–H and O–H groups in total. The summed E-state index contributed by atoms with van der Waals surface area (Å²) in [5, 5.41) is 14.0. The third-order valence-electron chi connectivity index (χ3n) is 3.43. The number of likely N-dealkylation sites (N-methyl/N-ethyl adjacent to an activating group) is 1. The summed E-state index contributed by atoms with van der Waals surface area (Å²) >= 11 is 0. The molecule has 4 nitrogen and oxygen atoms in total. The average molecular weight is 237 g/mol. The van der Waals surface area contributed by atoms with Crippen molar-refractivity contribution >= 4 is 0 Å². The fourth-order valence-corrected chi connectivity index (χ4v) is 2.19. The highest BCUT2D eigenvalue weighted by molar-refractivity contribution is 5.03. The van der Waals surface area contributed by atoms with E-state index in [0.717, 1.165) is 25.9 Å². The van der Waals surface area contributed by atoms with Crippen molar-refractivity contribution in [3.05, 3.63) is 18.0 Å². The first kappa shape index (κ1) is 12.6. The normalized spacial score (nSPS) is 17.6. The van der Waals surface area contributed by atoms with E-state index in [1.807, 2.05) is 17.9 Å². The second-order valence-corrected chi connectivity index (χ2v) is 5.29. The molecule has 0 bridgehead atoms. The molecule has 1 fully saturated rings. The van der Waals surface area contributed by atoms with Crippen LogP contribution in [0.25, 0.3) is 0 Å². The minimum absolute atomic E-state index is 0.113. The fraction of sp³-hybridized carbons (Fsp3) is 0.769. The van der Waals surface area contributed by atoms with Gasteiger partial charge in [0.2, 0.25) is 0 Å². The van der Waals surface area contributed by atoms with Crippen molar-refractivity contribution in [1.29, 1.82) is 0 Å². The van der Waals surface area contributed by atoms with E-state index in [1.165, 1.54) is 18.4 Å². The SMILES string of the molecule is CN(CCCc1cnn(C)c1)CC(O)C1CC1. The van der Waals surface area contributed by atoms with E-state index in [0.29, 0.717) is 5.92 Å². The highest BCUT2D eigenvalue weighted by atomic mass is 16.3. The Morgan fingerprint density at radius 2 is 2.35 bits per heavy atom. The molecule has 17 heavy (non-hydrogen) atoms. The van der Waals surface area contributed by atoms with Gasteiger partial charge in [-0.05, 0) is 50.8 Å². The summed E-state index contributed by atoms with van der Waals surface area (Å²) in [5.41, 5.74) is 1.30. The lowest BCUT2D eigenvalue weighted by Crippen LogP contribution is -2.31. The molecule has 1 aromatic heterocycles. The van der Waals surface area contributed by atoms with E-state index >= 15 is 0 Å². The molecule has 0 aliphatic heterocycles. The summed E-state index contributed by atoms with van der Waals surface area (Å²) in [4.78, 5) is 2.24. The molecule has 1 saturated carbocycles. The van der Waals surface area contributed by atoms with Gasteiger partial charge in [-0.3, -0.25) is 4.68 Å². The van der Waals surface area contributed by atoms with Gasteiger partial charge in [-0.15, -0.1) is 0 Å². The summed E-state index contributed by atoms with van der Waals surface area (Å²) in [5.74, 6) is 0.579. The second-order valence-electron chi connectivity index (χ2n) is 5.29. The van der Waals surface area contributed by atoms with Crippen LogP contribution in [-0.2, 0) is 13.5 Å². The third-order valence-corrected chi connectivity index (χ3v) is 3.43. The van der Waals surface area contributed by atoms with E-state index in [1.54, 1.807) is 0 Å². The largest absolute Gasteiger partial charge is 0.392 e. The first-order chi connectivity index (χ1) is 8.15. The molecule has 1 heterocycles. The van der Waals surface area contributed by atoms with Gasteiger partial charge in [-0.1, -0.05) is 0 Å². The molecule has 96 valence electrons. The molecule has 0 saturated heterocycles. The van der Waals surface area contributed by atoms with E-state index in [9.17, 15) is 5.11 Å². The number of aromatic nitrogens is 2. The quantitative estimate of drug-likeness (QED) is 0.771. The lowest BCUT2D eigenvalue weighted by molar-refractivity contribution is 0.106. The number of hydrogen-bond acceptors (Lipinski definition) is 3. The van der Waals surface area contributed by atoms with Crippen molar-refractivity contribution in [2.75, 3.05) is 20.1 Å². The lowest BCUT2D eigenvalue weighted by atomic mass is 10.2. The first-order valence-corrected chi connectivity index (χ1v) is 6.49. The minimum atomic E-state index is -0.113. The smallest absolute Gasteiger partial charge is 0.0695 e. The number of rotatable bonds is 7. The van der Waals surface area contributed by atoms with Crippen LogP contribution >= 0.6 is 0 Å². The minimum Gasteiger partial charge on any atom is -0.392 e. The van der Waals surface area contributed by atoms with Gasteiger partial charge in [-0.2, -0.15) is 5.10 Å². The van der Waals surface area contributed by atoms with Gasteiger partial charge in [0, 0.05) is 19.8 Å². The molecule has 1 aliphatic rings. The Morgan fingerprint density at radius 1 is 1.59 bits per heavy atom. The van der Waals surface area contributed by atoms with Crippen LogP contribution in [0.4, 0.5) is 0 Å². The monoisotopic (exact) mass is 237 g/mol. The Hall–Kier alpha value is -0.870. The van der Waals surface area contributed by atoms with Crippen LogP contribution < -0.4 is 0 Å². The molecule has 2 rings (SSSR count). The predicted octanol–water partition coefficient (Wildman–Crippen LogP) is 1.06. The molecule has 1 atom stereocenters. The Labute approximate surface area is 103 Å². The topological polar surface area (TPSA) is 41.3 Å². The fourth-order valence-electron chi connectivity index (χ4n) is 2.19. The van der Waals surface area contributed by atoms with Gasteiger partial charge in [0.1, 0.15) is 0 Å². The zero-order valence-electron chi connectivity index (χ0n) is 10.8.